The molecule has 0 saturated carbocycles. The molecule has 0 aliphatic heterocycles. The molecular formula is C17H20FNO3S. The number of ether oxygens (including phenoxy) is 1. The molecule has 4 nitrogen and oxygen atoms in total. The Morgan fingerprint density at radius 3 is 2.48 bits per heavy atom. The summed E-state index contributed by atoms with van der Waals surface area (Å²) in [5.41, 5.74) is 0.475. The van der Waals surface area contributed by atoms with Crippen molar-refractivity contribution in [1.29, 1.82) is 0 Å². The van der Waals surface area contributed by atoms with Crippen LogP contribution in [-0.2, 0) is 9.84 Å². The Hall–Kier alpha value is -1.92. The van der Waals surface area contributed by atoms with E-state index in [9.17, 15) is 12.8 Å². The minimum absolute atomic E-state index is 0.0425. The van der Waals surface area contributed by atoms with Crippen LogP contribution in [0.1, 0.15) is 18.5 Å². The lowest BCUT2D eigenvalue weighted by molar-refractivity contribution is 0.409. The van der Waals surface area contributed by atoms with Crippen molar-refractivity contribution in [2.75, 3.05) is 19.4 Å². The van der Waals surface area contributed by atoms with Gasteiger partial charge in [0.05, 0.1) is 17.8 Å². The maximum absolute atomic E-state index is 14.0. The fraction of sp³-hybridized carbons (Fsp3) is 0.294. The number of hydrogen-bond donors (Lipinski definition) is 1. The standard InChI is InChI=1S/C17H20FNO3S/c1-13(16-9-8-14(22-2)12-17(16)18)19-10-11-23(20,21)15-6-4-3-5-7-15/h3-9,12-13,19H,10-11H2,1-2H3. The third-order valence-corrected chi connectivity index (χ3v) is 5.33. The molecule has 6 heteroatoms. The van der Waals surface area contributed by atoms with E-state index < -0.39 is 9.84 Å². The molecule has 2 rings (SSSR count). The van der Waals surface area contributed by atoms with Gasteiger partial charge in [-0.2, -0.15) is 0 Å². The third-order valence-electron chi connectivity index (χ3n) is 3.60. The lowest BCUT2D eigenvalue weighted by Gasteiger charge is -2.15. The molecule has 0 fully saturated rings. The van der Waals surface area contributed by atoms with Gasteiger partial charge in [0.2, 0.25) is 0 Å². The first-order valence-electron chi connectivity index (χ1n) is 7.28. The topological polar surface area (TPSA) is 55.4 Å². The Balaban J connectivity index is 1.96. The number of benzene rings is 2. The highest BCUT2D eigenvalue weighted by Gasteiger charge is 2.16. The Bertz CT molecular complexity index is 748. The van der Waals surface area contributed by atoms with Crippen LogP contribution < -0.4 is 10.1 Å². The highest BCUT2D eigenvalue weighted by atomic mass is 32.2. The Kier molecular flexibility index (Phi) is 5.74. The van der Waals surface area contributed by atoms with Crippen LogP contribution in [0.15, 0.2) is 53.4 Å². The molecule has 0 aromatic heterocycles. The highest BCUT2D eigenvalue weighted by molar-refractivity contribution is 7.91. The van der Waals surface area contributed by atoms with Gasteiger partial charge in [-0.15, -0.1) is 0 Å². The zero-order chi connectivity index (χ0) is 16.9. The van der Waals surface area contributed by atoms with Crippen LogP contribution in [0.25, 0.3) is 0 Å². The normalized spacial score (nSPS) is 12.8. The third kappa shape index (κ3) is 4.53. The molecule has 124 valence electrons. The molecule has 2 aromatic rings. The number of rotatable bonds is 7. The number of methoxy groups -OCH3 is 1. The van der Waals surface area contributed by atoms with Crippen LogP contribution in [0.2, 0.25) is 0 Å². The van der Waals surface area contributed by atoms with Crippen molar-refractivity contribution >= 4 is 9.84 Å². The van der Waals surface area contributed by atoms with Gasteiger partial charge >= 0.3 is 0 Å². The second-order valence-electron chi connectivity index (χ2n) is 5.20. The van der Waals surface area contributed by atoms with E-state index in [1.165, 1.54) is 13.2 Å². The van der Waals surface area contributed by atoms with Crippen molar-refractivity contribution < 1.29 is 17.5 Å². The summed E-state index contributed by atoms with van der Waals surface area (Å²) in [6.07, 6.45) is 0. The SMILES string of the molecule is COc1ccc(C(C)NCCS(=O)(=O)c2ccccc2)c(F)c1. The van der Waals surface area contributed by atoms with Gasteiger partial charge < -0.3 is 10.1 Å². The number of hydrogen-bond acceptors (Lipinski definition) is 4. The second kappa shape index (κ2) is 7.57. The van der Waals surface area contributed by atoms with E-state index in [0.717, 1.165) is 0 Å². The predicted molar refractivity (Wildman–Crippen MR) is 87.9 cm³/mol. The van der Waals surface area contributed by atoms with Gasteiger partial charge in [0, 0.05) is 24.2 Å². The van der Waals surface area contributed by atoms with Crippen LogP contribution in [0.5, 0.6) is 5.75 Å². The lowest BCUT2D eigenvalue weighted by Crippen LogP contribution is -2.26. The van der Waals surface area contributed by atoms with Gasteiger partial charge in [-0.05, 0) is 25.1 Å². The Labute approximate surface area is 136 Å². The highest BCUT2D eigenvalue weighted by Crippen LogP contribution is 2.21. The molecule has 0 aliphatic rings. The van der Waals surface area contributed by atoms with E-state index in [1.807, 2.05) is 0 Å². The first-order valence-corrected chi connectivity index (χ1v) is 8.94. The quantitative estimate of drug-likeness (QED) is 0.844. The molecule has 23 heavy (non-hydrogen) atoms. The summed E-state index contributed by atoms with van der Waals surface area (Å²) in [5.74, 6) is 0.0273. The van der Waals surface area contributed by atoms with Gasteiger partial charge in [0.15, 0.2) is 9.84 Å². The van der Waals surface area contributed by atoms with Crippen molar-refractivity contribution in [3.05, 3.63) is 59.9 Å². The summed E-state index contributed by atoms with van der Waals surface area (Å²) in [4.78, 5) is 0.296. The molecule has 0 radical (unpaired) electrons. The fourth-order valence-corrected chi connectivity index (χ4v) is 3.45. The number of sulfone groups is 1. The average molecular weight is 337 g/mol. The van der Waals surface area contributed by atoms with Crippen molar-refractivity contribution in [2.45, 2.75) is 17.9 Å². The monoisotopic (exact) mass is 337 g/mol. The summed E-state index contributed by atoms with van der Waals surface area (Å²) in [6.45, 7) is 2.03. The minimum Gasteiger partial charge on any atom is -0.497 e. The summed E-state index contributed by atoms with van der Waals surface area (Å²) in [5, 5.41) is 3.04. The molecule has 0 heterocycles. The van der Waals surface area contributed by atoms with Crippen molar-refractivity contribution in [3.8, 4) is 5.75 Å². The summed E-state index contributed by atoms with van der Waals surface area (Å²) in [7, 11) is -1.86. The fourth-order valence-electron chi connectivity index (χ4n) is 2.25. The van der Waals surface area contributed by atoms with E-state index >= 15 is 0 Å². The molecular weight excluding hydrogens is 317 g/mol. The van der Waals surface area contributed by atoms with Crippen LogP contribution in [0.4, 0.5) is 4.39 Å². The van der Waals surface area contributed by atoms with E-state index in [0.29, 0.717) is 16.2 Å². The van der Waals surface area contributed by atoms with E-state index in [1.54, 1.807) is 49.4 Å². The van der Waals surface area contributed by atoms with E-state index in [-0.39, 0.29) is 24.2 Å². The maximum atomic E-state index is 14.0. The first kappa shape index (κ1) is 17.4. The van der Waals surface area contributed by atoms with Crippen molar-refractivity contribution in [2.24, 2.45) is 0 Å². The number of halogens is 1. The Morgan fingerprint density at radius 1 is 1.17 bits per heavy atom. The van der Waals surface area contributed by atoms with Crippen molar-refractivity contribution in [3.63, 3.8) is 0 Å². The molecule has 2 aromatic carbocycles. The molecule has 0 spiro atoms. The van der Waals surface area contributed by atoms with Gasteiger partial charge in [0.25, 0.3) is 0 Å². The van der Waals surface area contributed by atoms with Crippen molar-refractivity contribution in [1.82, 2.24) is 5.32 Å². The minimum atomic E-state index is -3.34. The van der Waals surface area contributed by atoms with Gasteiger partial charge in [-0.25, -0.2) is 12.8 Å². The van der Waals surface area contributed by atoms with Gasteiger partial charge in [-0.3, -0.25) is 0 Å². The predicted octanol–water partition coefficient (Wildman–Crippen LogP) is 2.96. The summed E-state index contributed by atoms with van der Waals surface area (Å²) >= 11 is 0. The maximum Gasteiger partial charge on any atom is 0.179 e. The summed E-state index contributed by atoms with van der Waals surface area (Å²) in [6, 6.07) is 12.6. The molecule has 0 aliphatic carbocycles. The number of nitrogens with one attached hydrogen (secondary N) is 1. The largest absolute Gasteiger partial charge is 0.497 e. The van der Waals surface area contributed by atoms with Gasteiger partial charge in [0.1, 0.15) is 11.6 Å². The zero-order valence-electron chi connectivity index (χ0n) is 13.1. The molecule has 1 N–H and O–H groups in total. The van der Waals surface area contributed by atoms with E-state index in [2.05, 4.69) is 5.32 Å². The van der Waals surface area contributed by atoms with Crippen LogP contribution in [-0.4, -0.2) is 27.8 Å². The van der Waals surface area contributed by atoms with E-state index in [4.69, 9.17) is 4.74 Å². The zero-order valence-corrected chi connectivity index (χ0v) is 13.9. The molecule has 1 atom stereocenters. The molecule has 0 amide bonds. The van der Waals surface area contributed by atoms with Crippen LogP contribution in [0, 0.1) is 5.82 Å². The van der Waals surface area contributed by atoms with Crippen LogP contribution in [0.3, 0.4) is 0 Å². The molecule has 0 bridgehead atoms. The lowest BCUT2D eigenvalue weighted by atomic mass is 10.1. The smallest absolute Gasteiger partial charge is 0.179 e. The first-order chi connectivity index (χ1) is 10.9. The average Bonchev–Trinajstić information content (AvgIpc) is 2.55. The second-order valence-corrected chi connectivity index (χ2v) is 7.30. The molecule has 1 unspecified atom stereocenters. The summed E-state index contributed by atoms with van der Waals surface area (Å²) < 4.78 is 43.3. The Morgan fingerprint density at radius 2 is 1.87 bits per heavy atom. The van der Waals surface area contributed by atoms with Crippen LogP contribution >= 0.6 is 0 Å². The van der Waals surface area contributed by atoms with Gasteiger partial charge in [-0.1, -0.05) is 24.3 Å². The molecule has 0 saturated heterocycles.